The summed E-state index contributed by atoms with van der Waals surface area (Å²) < 4.78 is 0. The van der Waals surface area contributed by atoms with Crippen LogP contribution in [-0.4, -0.2) is 22.9 Å². The molecule has 0 radical (unpaired) electrons. The van der Waals surface area contributed by atoms with E-state index in [1.165, 1.54) is 0 Å². The van der Waals surface area contributed by atoms with Gasteiger partial charge in [0.25, 0.3) is 0 Å². The van der Waals surface area contributed by atoms with E-state index in [0.29, 0.717) is 11.1 Å². The van der Waals surface area contributed by atoms with Crippen molar-refractivity contribution in [2.45, 2.75) is 19.9 Å². The van der Waals surface area contributed by atoms with Gasteiger partial charge in [0.15, 0.2) is 0 Å². The summed E-state index contributed by atoms with van der Waals surface area (Å²) in [5.74, 6) is 0.864. The molecule has 0 aliphatic carbocycles. The third-order valence-corrected chi connectivity index (χ3v) is 2.61. The van der Waals surface area contributed by atoms with Crippen LogP contribution in [0.1, 0.15) is 13.8 Å². The van der Waals surface area contributed by atoms with E-state index in [1.807, 2.05) is 12.1 Å². The van der Waals surface area contributed by atoms with Crippen molar-refractivity contribution in [3.8, 4) is 0 Å². The second kappa shape index (κ2) is 5.56. The van der Waals surface area contributed by atoms with Crippen LogP contribution in [-0.2, 0) is 0 Å². The van der Waals surface area contributed by atoms with Gasteiger partial charge in [-0.05, 0) is 26.0 Å². The summed E-state index contributed by atoms with van der Waals surface area (Å²) in [5.41, 5.74) is 0. The highest BCUT2D eigenvalue weighted by atomic mass is 79.9. The number of pyridine rings is 1. The van der Waals surface area contributed by atoms with Gasteiger partial charge in [-0.2, -0.15) is 0 Å². The van der Waals surface area contributed by atoms with Crippen LogP contribution in [0, 0.1) is 0 Å². The van der Waals surface area contributed by atoms with E-state index in [4.69, 9.17) is 11.6 Å². The lowest BCUT2D eigenvalue weighted by molar-refractivity contribution is 0.698. The monoisotopic (exact) mass is 276 g/mol. The van der Waals surface area contributed by atoms with Crippen LogP contribution in [0.4, 0.5) is 5.82 Å². The molecule has 1 aromatic rings. The third-order valence-electron chi connectivity index (χ3n) is 1.96. The van der Waals surface area contributed by atoms with Gasteiger partial charge >= 0.3 is 0 Å². The van der Waals surface area contributed by atoms with Crippen LogP contribution in [0.5, 0.6) is 0 Å². The molecule has 0 aliphatic heterocycles. The molecule has 2 nitrogen and oxygen atoms in total. The van der Waals surface area contributed by atoms with Crippen LogP contribution < -0.4 is 4.90 Å². The molecule has 0 N–H and O–H groups in total. The van der Waals surface area contributed by atoms with Crippen LogP contribution in [0.15, 0.2) is 18.3 Å². The molecule has 78 valence electrons. The van der Waals surface area contributed by atoms with E-state index < -0.39 is 0 Å². The van der Waals surface area contributed by atoms with Gasteiger partial charge in [0, 0.05) is 24.1 Å². The van der Waals surface area contributed by atoms with Crippen LogP contribution in [0.3, 0.4) is 0 Å². The van der Waals surface area contributed by atoms with Crippen molar-refractivity contribution < 1.29 is 0 Å². The average molecular weight is 278 g/mol. The molecule has 4 heteroatoms. The summed E-state index contributed by atoms with van der Waals surface area (Å²) in [6.07, 6.45) is 1.77. The maximum atomic E-state index is 6.08. The summed E-state index contributed by atoms with van der Waals surface area (Å²) in [6, 6.07) is 4.12. The van der Waals surface area contributed by atoms with Crippen molar-refractivity contribution in [1.29, 1.82) is 0 Å². The van der Waals surface area contributed by atoms with Crippen LogP contribution in [0.2, 0.25) is 5.02 Å². The minimum Gasteiger partial charge on any atom is -0.352 e. The van der Waals surface area contributed by atoms with Gasteiger partial charge in [-0.1, -0.05) is 27.5 Å². The lowest BCUT2D eigenvalue weighted by Crippen LogP contribution is -2.33. The van der Waals surface area contributed by atoms with Crippen molar-refractivity contribution in [3.63, 3.8) is 0 Å². The fraction of sp³-hybridized carbons (Fsp3) is 0.500. The topological polar surface area (TPSA) is 16.1 Å². The number of rotatable bonds is 4. The molecular weight excluding hydrogens is 263 g/mol. The average Bonchev–Trinajstić information content (AvgIpc) is 2.15. The highest BCUT2D eigenvalue weighted by molar-refractivity contribution is 9.09. The Morgan fingerprint density at radius 3 is 2.79 bits per heavy atom. The minimum absolute atomic E-state index is 0.403. The molecule has 1 aromatic heterocycles. The van der Waals surface area contributed by atoms with Crippen molar-refractivity contribution >= 4 is 33.3 Å². The molecule has 1 heterocycles. The number of aromatic nitrogens is 1. The lowest BCUT2D eigenvalue weighted by Gasteiger charge is -2.27. The number of hydrogen-bond donors (Lipinski definition) is 0. The number of nitrogens with zero attached hydrogens (tertiary/aromatic N) is 2. The van der Waals surface area contributed by atoms with E-state index in [0.717, 1.165) is 17.7 Å². The summed E-state index contributed by atoms with van der Waals surface area (Å²) >= 11 is 9.51. The first-order valence-electron chi connectivity index (χ1n) is 4.60. The first-order valence-corrected chi connectivity index (χ1v) is 6.10. The van der Waals surface area contributed by atoms with Crippen molar-refractivity contribution in [3.05, 3.63) is 23.4 Å². The normalized spacial score (nSPS) is 10.6. The Hall–Kier alpha value is -0.280. The Bertz CT molecular complexity index is 291. The van der Waals surface area contributed by atoms with Gasteiger partial charge in [-0.25, -0.2) is 4.98 Å². The zero-order valence-electron chi connectivity index (χ0n) is 8.37. The van der Waals surface area contributed by atoms with Crippen molar-refractivity contribution in [2.75, 3.05) is 16.8 Å². The van der Waals surface area contributed by atoms with Gasteiger partial charge in [0.05, 0.1) is 5.02 Å². The quantitative estimate of drug-likeness (QED) is 0.785. The first kappa shape index (κ1) is 11.8. The standard InChI is InChI=1S/C10H14BrClN2/c1-8(2)14(7-5-11)10-9(12)4-3-6-13-10/h3-4,6,8H,5,7H2,1-2H3. The summed E-state index contributed by atoms with van der Waals surface area (Å²) in [4.78, 5) is 6.47. The SMILES string of the molecule is CC(C)N(CCBr)c1ncccc1Cl. The molecule has 0 fully saturated rings. The molecule has 0 spiro atoms. The fourth-order valence-corrected chi connectivity index (χ4v) is 1.90. The molecular formula is C10H14BrClN2. The van der Waals surface area contributed by atoms with Crippen molar-refractivity contribution in [1.82, 2.24) is 4.98 Å². The predicted molar refractivity (Wildman–Crippen MR) is 65.5 cm³/mol. The molecule has 0 unspecified atom stereocenters. The van der Waals surface area contributed by atoms with Gasteiger partial charge in [-0.3, -0.25) is 0 Å². The summed E-state index contributed by atoms with van der Waals surface area (Å²) in [6.45, 7) is 5.18. The number of alkyl halides is 1. The highest BCUT2D eigenvalue weighted by Crippen LogP contribution is 2.23. The summed E-state index contributed by atoms with van der Waals surface area (Å²) in [7, 11) is 0. The Balaban J connectivity index is 2.93. The van der Waals surface area contributed by atoms with Crippen LogP contribution >= 0.6 is 27.5 Å². The van der Waals surface area contributed by atoms with Crippen molar-refractivity contribution in [2.24, 2.45) is 0 Å². The second-order valence-electron chi connectivity index (χ2n) is 3.28. The number of halogens is 2. The van der Waals surface area contributed by atoms with Crippen LogP contribution in [0.25, 0.3) is 0 Å². The minimum atomic E-state index is 0.403. The predicted octanol–water partition coefficient (Wildman–Crippen LogP) is 3.34. The molecule has 0 amide bonds. The first-order chi connectivity index (χ1) is 6.66. The molecule has 1 rings (SSSR count). The van der Waals surface area contributed by atoms with E-state index >= 15 is 0 Å². The van der Waals surface area contributed by atoms with E-state index in [2.05, 4.69) is 39.7 Å². The molecule has 0 atom stereocenters. The van der Waals surface area contributed by atoms with E-state index in [9.17, 15) is 0 Å². The zero-order chi connectivity index (χ0) is 10.6. The van der Waals surface area contributed by atoms with Gasteiger partial charge < -0.3 is 4.90 Å². The van der Waals surface area contributed by atoms with E-state index in [1.54, 1.807) is 6.20 Å². The summed E-state index contributed by atoms with van der Waals surface area (Å²) in [5, 5.41) is 1.63. The Labute approximate surface area is 98.4 Å². The second-order valence-corrected chi connectivity index (χ2v) is 4.49. The number of anilines is 1. The fourth-order valence-electron chi connectivity index (χ4n) is 1.29. The lowest BCUT2D eigenvalue weighted by atomic mass is 10.3. The molecule has 0 saturated carbocycles. The molecule has 0 aliphatic rings. The zero-order valence-corrected chi connectivity index (χ0v) is 10.7. The molecule has 0 aromatic carbocycles. The van der Waals surface area contributed by atoms with Gasteiger partial charge in [0.2, 0.25) is 0 Å². The Morgan fingerprint density at radius 2 is 2.29 bits per heavy atom. The van der Waals surface area contributed by atoms with E-state index in [-0.39, 0.29) is 0 Å². The van der Waals surface area contributed by atoms with Gasteiger partial charge in [0.1, 0.15) is 5.82 Å². The highest BCUT2D eigenvalue weighted by Gasteiger charge is 2.13. The maximum Gasteiger partial charge on any atom is 0.147 e. The van der Waals surface area contributed by atoms with Gasteiger partial charge in [-0.15, -0.1) is 0 Å². The Kier molecular flexibility index (Phi) is 4.69. The Morgan fingerprint density at radius 1 is 1.57 bits per heavy atom. The molecule has 14 heavy (non-hydrogen) atoms. The smallest absolute Gasteiger partial charge is 0.147 e. The molecule has 0 saturated heterocycles. The largest absolute Gasteiger partial charge is 0.352 e. The number of hydrogen-bond acceptors (Lipinski definition) is 2. The third kappa shape index (κ3) is 2.85. The maximum absolute atomic E-state index is 6.08. The molecule has 0 bridgehead atoms.